The first kappa shape index (κ1) is 16.8. The smallest absolute Gasteiger partial charge is 0.222 e. The largest absolute Gasteiger partial charge is 0.508 e. The van der Waals surface area contributed by atoms with E-state index in [-0.39, 0.29) is 11.7 Å². The Kier molecular flexibility index (Phi) is 5.41. The minimum absolute atomic E-state index is 0.210. The number of hydrogen-bond acceptors (Lipinski definition) is 2. The maximum atomic E-state index is 12.5. The Hall–Kier alpha value is -2.00. The molecule has 1 amide bonds. The van der Waals surface area contributed by atoms with E-state index in [0.717, 1.165) is 36.5 Å². The average Bonchev–Trinajstić information content (AvgIpc) is 2.62. The third-order valence-electron chi connectivity index (χ3n) is 4.68. The highest BCUT2D eigenvalue weighted by Crippen LogP contribution is 2.28. The Labute approximate surface area is 147 Å². The summed E-state index contributed by atoms with van der Waals surface area (Å²) >= 11 is 5.96. The van der Waals surface area contributed by atoms with Crippen LogP contribution in [-0.4, -0.2) is 29.0 Å². The number of phenols is 1. The van der Waals surface area contributed by atoms with Crippen LogP contribution in [-0.2, 0) is 11.2 Å². The number of carbonyl (C=O) groups excluding carboxylic acids is 1. The monoisotopic (exact) mass is 343 g/mol. The predicted molar refractivity (Wildman–Crippen MR) is 96.4 cm³/mol. The predicted octanol–water partition coefficient (Wildman–Crippen LogP) is 4.38. The van der Waals surface area contributed by atoms with Crippen molar-refractivity contribution in [3.63, 3.8) is 0 Å². The summed E-state index contributed by atoms with van der Waals surface area (Å²) in [5, 5.41) is 10.1. The molecule has 126 valence electrons. The number of nitrogens with zero attached hydrogens (tertiary/aromatic N) is 1. The Bertz CT molecular complexity index is 682. The molecule has 4 heteroatoms. The highest BCUT2D eigenvalue weighted by Gasteiger charge is 2.24. The third-order valence-corrected chi connectivity index (χ3v) is 4.93. The molecule has 1 aliphatic rings. The van der Waals surface area contributed by atoms with Gasteiger partial charge in [-0.1, -0.05) is 35.9 Å². The van der Waals surface area contributed by atoms with Crippen molar-refractivity contribution in [3.05, 3.63) is 64.7 Å². The minimum Gasteiger partial charge on any atom is -0.508 e. The lowest BCUT2D eigenvalue weighted by Crippen LogP contribution is -2.39. The number of aromatic hydroxyl groups is 1. The second kappa shape index (κ2) is 7.71. The summed E-state index contributed by atoms with van der Waals surface area (Å²) in [4.78, 5) is 14.5. The van der Waals surface area contributed by atoms with Gasteiger partial charge in [0.25, 0.3) is 0 Å². The van der Waals surface area contributed by atoms with Crippen LogP contribution in [0.25, 0.3) is 0 Å². The van der Waals surface area contributed by atoms with Gasteiger partial charge in [0.15, 0.2) is 0 Å². The summed E-state index contributed by atoms with van der Waals surface area (Å²) < 4.78 is 0. The second-order valence-corrected chi connectivity index (χ2v) is 6.83. The molecule has 1 saturated heterocycles. The lowest BCUT2D eigenvalue weighted by Gasteiger charge is -2.33. The van der Waals surface area contributed by atoms with Crippen LogP contribution in [0.1, 0.15) is 36.3 Å². The van der Waals surface area contributed by atoms with Gasteiger partial charge >= 0.3 is 0 Å². The van der Waals surface area contributed by atoms with Crippen molar-refractivity contribution in [1.29, 1.82) is 0 Å². The highest BCUT2D eigenvalue weighted by atomic mass is 35.5. The van der Waals surface area contributed by atoms with E-state index in [4.69, 9.17) is 11.6 Å². The van der Waals surface area contributed by atoms with Crippen molar-refractivity contribution in [2.24, 2.45) is 0 Å². The standard InChI is InChI=1S/C20H22ClNO2/c21-18-8-6-16(7-9-18)17-2-1-13-22(14-17)20(24)12-5-15-3-10-19(23)11-4-15/h3-4,6-11,17,23H,1-2,5,12-14H2. The molecule has 1 fully saturated rings. The van der Waals surface area contributed by atoms with E-state index in [9.17, 15) is 9.90 Å². The first-order valence-corrected chi connectivity index (χ1v) is 8.81. The Balaban J connectivity index is 1.56. The van der Waals surface area contributed by atoms with Crippen LogP contribution in [0, 0.1) is 0 Å². The van der Waals surface area contributed by atoms with Crippen molar-refractivity contribution < 1.29 is 9.90 Å². The fourth-order valence-electron chi connectivity index (χ4n) is 3.28. The molecule has 0 radical (unpaired) electrons. The van der Waals surface area contributed by atoms with E-state index in [1.807, 2.05) is 29.2 Å². The SMILES string of the molecule is O=C(CCc1ccc(O)cc1)N1CCCC(c2ccc(Cl)cc2)C1. The molecule has 0 saturated carbocycles. The van der Waals surface area contributed by atoms with Crippen molar-refractivity contribution in [1.82, 2.24) is 4.90 Å². The molecule has 3 rings (SSSR count). The summed E-state index contributed by atoms with van der Waals surface area (Å²) in [6.07, 6.45) is 3.38. The lowest BCUT2D eigenvalue weighted by molar-refractivity contribution is -0.132. The number of benzene rings is 2. The summed E-state index contributed by atoms with van der Waals surface area (Å²) in [6.45, 7) is 1.63. The van der Waals surface area contributed by atoms with Gasteiger partial charge in [-0.2, -0.15) is 0 Å². The van der Waals surface area contributed by atoms with Crippen LogP contribution in [0.5, 0.6) is 5.75 Å². The van der Waals surface area contributed by atoms with Crippen molar-refractivity contribution in [3.8, 4) is 5.75 Å². The zero-order chi connectivity index (χ0) is 16.9. The van der Waals surface area contributed by atoms with Gasteiger partial charge in [-0.15, -0.1) is 0 Å². The number of carbonyl (C=O) groups is 1. The molecular weight excluding hydrogens is 322 g/mol. The number of amides is 1. The molecule has 0 aliphatic carbocycles. The van der Waals surface area contributed by atoms with E-state index in [1.165, 1.54) is 5.56 Å². The second-order valence-electron chi connectivity index (χ2n) is 6.40. The fraction of sp³-hybridized carbons (Fsp3) is 0.350. The van der Waals surface area contributed by atoms with Crippen LogP contribution < -0.4 is 0 Å². The molecule has 0 bridgehead atoms. The number of phenolic OH excluding ortho intramolecular Hbond substituents is 1. The van der Waals surface area contributed by atoms with Gasteiger partial charge in [-0.25, -0.2) is 0 Å². The van der Waals surface area contributed by atoms with Crippen LogP contribution in [0.3, 0.4) is 0 Å². The van der Waals surface area contributed by atoms with Gasteiger partial charge < -0.3 is 10.0 Å². The van der Waals surface area contributed by atoms with E-state index in [1.54, 1.807) is 12.1 Å². The molecule has 2 aromatic carbocycles. The fourth-order valence-corrected chi connectivity index (χ4v) is 3.41. The van der Waals surface area contributed by atoms with E-state index >= 15 is 0 Å². The number of halogens is 1. The lowest BCUT2D eigenvalue weighted by atomic mass is 9.90. The molecule has 3 nitrogen and oxygen atoms in total. The van der Waals surface area contributed by atoms with E-state index in [0.29, 0.717) is 18.8 Å². The highest BCUT2D eigenvalue weighted by molar-refractivity contribution is 6.30. The van der Waals surface area contributed by atoms with Gasteiger partial charge in [0.1, 0.15) is 5.75 Å². The maximum absolute atomic E-state index is 12.5. The number of rotatable bonds is 4. The first-order chi connectivity index (χ1) is 11.6. The number of hydrogen-bond donors (Lipinski definition) is 1. The molecule has 1 unspecified atom stereocenters. The van der Waals surface area contributed by atoms with Crippen molar-refractivity contribution in [2.45, 2.75) is 31.6 Å². The van der Waals surface area contributed by atoms with E-state index < -0.39 is 0 Å². The zero-order valence-corrected chi connectivity index (χ0v) is 14.4. The van der Waals surface area contributed by atoms with Crippen LogP contribution in [0.15, 0.2) is 48.5 Å². The number of piperidine rings is 1. The first-order valence-electron chi connectivity index (χ1n) is 8.43. The van der Waals surface area contributed by atoms with Crippen LogP contribution in [0.4, 0.5) is 0 Å². The Morgan fingerprint density at radius 1 is 1.12 bits per heavy atom. The molecular formula is C20H22ClNO2. The topological polar surface area (TPSA) is 40.5 Å². The molecule has 0 spiro atoms. The molecule has 1 heterocycles. The number of aryl methyl sites for hydroxylation is 1. The Morgan fingerprint density at radius 3 is 2.54 bits per heavy atom. The van der Waals surface area contributed by atoms with Crippen LogP contribution >= 0.6 is 11.6 Å². The summed E-state index contributed by atoms with van der Waals surface area (Å²) in [7, 11) is 0. The molecule has 1 aliphatic heterocycles. The zero-order valence-electron chi connectivity index (χ0n) is 13.6. The average molecular weight is 344 g/mol. The molecule has 24 heavy (non-hydrogen) atoms. The van der Waals surface area contributed by atoms with Crippen LogP contribution in [0.2, 0.25) is 5.02 Å². The minimum atomic E-state index is 0.210. The van der Waals surface area contributed by atoms with Gasteiger partial charge in [-0.3, -0.25) is 4.79 Å². The summed E-state index contributed by atoms with van der Waals surface area (Å²) in [6, 6.07) is 15.0. The summed E-state index contributed by atoms with van der Waals surface area (Å²) in [5.41, 5.74) is 2.34. The normalized spacial score (nSPS) is 17.7. The van der Waals surface area contributed by atoms with Crippen molar-refractivity contribution >= 4 is 17.5 Å². The molecule has 0 aromatic heterocycles. The molecule has 1 atom stereocenters. The van der Waals surface area contributed by atoms with Crippen molar-refractivity contribution in [2.75, 3.05) is 13.1 Å². The number of likely N-dealkylation sites (tertiary alicyclic amines) is 1. The van der Waals surface area contributed by atoms with Gasteiger partial charge in [0.2, 0.25) is 5.91 Å². The van der Waals surface area contributed by atoms with Gasteiger partial charge in [0, 0.05) is 30.5 Å². The Morgan fingerprint density at radius 2 is 1.83 bits per heavy atom. The third kappa shape index (κ3) is 4.30. The van der Waals surface area contributed by atoms with E-state index in [2.05, 4.69) is 12.1 Å². The maximum Gasteiger partial charge on any atom is 0.222 e. The summed E-state index contributed by atoms with van der Waals surface area (Å²) in [5.74, 6) is 0.863. The molecule has 2 aromatic rings. The van der Waals surface area contributed by atoms with Gasteiger partial charge in [-0.05, 0) is 54.7 Å². The van der Waals surface area contributed by atoms with Gasteiger partial charge in [0.05, 0.1) is 0 Å². The molecule has 1 N–H and O–H groups in total. The quantitative estimate of drug-likeness (QED) is 0.894.